The number of rotatable bonds is 6. The molecule has 0 saturated heterocycles. The summed E-state index contributed by atoms with van der Waals surface area (Å²) in [5.74, 6) is -1.39. The Labute approximate surface area is 103 Å². The summed E-state index contributed by atoms with van der Waals surface area (Å²) in [7, 11) is 1.56. The van der Waals surface area contributed by atoms with Crippen LogP contribution in [0.2, 0.25) is 0 Å². The van der Waals surface area contributed by atoms with Crippen LogP contribution in [0.5, 0.6) is 0 Å². The number of carboxylic acids is 1. The molecule has 0 atom stereocenters. The van der Waals surface area contributed by atoms with Gasteiger partial charge in [0.25, 0.3) is 5.91 Å². The highest BCUT2D eigenvalue weighted by molar-refractivity contribution is 7.11. The third-order valence-corrected chi connectivity index (χ3v) is 2.97. The molecule has 0 spiro atoms. The zero-order chi connectivity index (χ0) is 12.8. The number of hydrogen-bond donors (Lipinski definition) is 1. The standard InChI is InChI=1S/C10H14N2O4S/c1-3-12(4-5-16-2)9(13)8-11-7(6-17-8)10(14)15/h6H,3-5H2,1-2H3,(H,14,15). The van der Waals surface area contributed by atoms with Gasteiger partial charge in [-0.25, -0.2) is 9.78 Å². The number of aromatic carboxylic acids is 1. The number of amides is 1. The first-order valence-corrected chi connectivity index (χ1v) is 5.95. The zero-order valence-corrected chi connectivity index (χ0v) is 10.5. The molecule has 0 fully saturated rings. The van der Waals surface area contributed by atoms with Gasteiger partial charge in [-0.05, 0) is 6.92 Å². The molecule has 0 saturated carbocycles. The number of methoxy groups -OCH3 is 1. The lowest BCUT2D eigenvalue weighted by Crippen LogP contribution is -2.33. The Balaban J connectivity index is 2.75. The molecule has 1 aromatic heterocycles. The lowest BCUT2D eigenvalue weighted by atomic mass is 10.4. The third-order valence-electron chi connectivity index (χ3n) is 2.14. The fraction of sp³-hybridized carbons (Fsp3) is 0.500. The number of carbonyl (C=O) groups excluding carboxylic acids is 1. The number of ether oxygens (including phenoxy) is 1. The van der Waals surface area contributed by atoms with Crippen molar-refractivity contribution < 1.29 is 19.4 Å². The smallest absolute Gasteiger partial charge is 0.355 e. The first-order valence-electron chi connectivity index (χ1n) is 5.07. The molecule has 7 heteroatoms. The summed E-state index contributed by atoms with van der Waals surface area (Å²) < 4.78 is 4.90. The van der Waals surface area contributed by atoms with E-state index in [0.717, 1.165) is 11.3 Å². The molecule has 0 bridgehead atoms. The molecule has 1 N–H and O–H groups in total. The van der Waals surface area contributed by atoms with Crippen LogP contribution in [0.15, 0.2) is 5.38 Å². The van der Waals surface area contributed by atoms with Gasteiger partial charge in [-0.3, -0.25) is 4.79 Å². The predicted octanol–water partition coefficient (Wildman–Crippen LogP) is 0.950. The minimum atomic E-state index is -1.12. The van der Waals surface area contributed by atoms with Gasteiger partial charge in [-0.1, -0.05) is 0 Å². The van der Waals surface area contributed by atoms with Crippen LogP contribution < -0.4 is 0 Å². The Morgan fingerprint density at radius 1 is 1.59 bits per heavy atom. The van der Waals surface area contributed by atoms with E-state index in [9.17, 15) is 9.59 Å². The molecular formula is C10H14N2O4S. The first-order chi connectivity index (χ1) is 8.10. The maximum atomic E-state index is 11.9. The molecule has 0 radical (unpaired) electrons. The van der Waals surface area contributed by atoms with Crippen LogP contribution in [0.4, 0.5) is 0 Å². The monoisotopic (exact) mass is 258 g/mol. The van der Waals surface area contributed by atoms with E-state index in [0.29, 0.717) is 19.7 Å². The van der Waals surface area contributed by atoms with E-state index < -0.39 is 5.97 Å². The Hall–Kier alpha value is -1.47. The van der Waals surface area contributed by atoms with E-state index in [1.165, 1.54) is 5.38 Å². The van der Waals surface area contributed by atoms with Crippen molar-refractivity contribution in [1.29, 1.82) is 0 Å². The highest BCUT2D eigenvalue weighted by Crippen LogP contribution is 2.12. The third kappa shape index (κ3) is 3.50. The molecule has 0 aromatic carbocycles. The largest absolute Gasteiger partial charge is 0.476 e. The van der Waals surface area contributed by atoms with Gasteiger partial charge in [0.2, 0.25) is 0 Å². The van der Waals surface area contributed by atoms with Gasteiger partial charge in [-0.15, -0.1) is 11.3 Å². The van der Waals surface area contributed by atoms with Crippen LogP contribution in [-0.4, -0.2) is 53.7 Å². The molecule has 17 heavy (non-hydrogen) atoms. The quantitative estimate of drug-likeness (QED) is 0.821. The van der Waals surface area contributed by atoms with Crippen molar-refractivity contribution in [2.75, 3.05) is 26.8 Å². The molecule has 94 valence electrons. The molecule has 0 aliphatic rings. The van der Waals surface area contributed by atoms with E-state index in [1.807, 2.05) is 6.92 Å². The molecule has 1 aromatic rings. The van der Waals surface area contributed by atoms with Gasteiger partial charge in [0.05, 0.1) is 6.61 Å². The molecule has 0 aliphatic carbocycles. The second-order valence-corrected chi connectivity index (χ2v) is 4.08. The normalized spacial score (nSPS) is 10.2. The highest BCUT2D eigenvalue weighted by atomic mass is 32.1. The number of thiazole rings is 1. The Morgan fingerprint density at radius 2 is 2.29 bits per heavy atom. The number of carboxylic acid groups (broad SMARTS) is 1. The Kier molecular flexibility index (Phi) is 5.05. The fourth-order valence-electron chi connectivity index (χ4n) is 1.21. The number of aromatic nitrogens is 1. The van der Waals surface area contributed by atoms with E-state index in [4.69, 9.17) is 9.84 Å². The van der Waals surface area contributed by atoms with Gasteiger partial charge in [0, 0.05) is 25.6 Å². The molecular weight excluding hydrogens is 244 g/mol. The fourth-order valence-corrected chi connectivity index (χ4v) is 1.97. The second-order valence-electron chi connectivity index (χ2n) is 3.22. The van der Waals surface area contributed by atoms with E-state index in [2.05, 4.69) is 4.98 Å². The van der Waals surface area contributed by atoms with Crippen molar-refractivity contribution in [2.45, 2.75) is 6.92 Å². The summed E-state index contributed by atoms with van der Waals surface area (Å²) in [4.78, 5) is 27.9. The predicted molar refractivity (Wildman–Crippen MR) is 62.5 cm³/mol. The van der Waals surface area contributed by atoms with Crippen molar-refractivity contribution in [2.24, 2.45) is 0 Å². The van der Waals surface area contributed by atoms with Crippen LogP contribution in [0.3, 0.4) is 0 Å². The van der Waals surface area contributed by atoms with Gasteiger partial charge in [0.1, 0.15) is 0 Å². The van der Waals surface area contributed by atoms with Crippen LogP contribution in [0.1, 0.15) is 27.2 Å². The number of hydrogen-bond acceptors (Lipinski definition) is 5. The van der Waals surface area contributed by atoms with Gasteiger partial charge >= 0.3 is 5.97 Å². The minimum Gasteiger partial charge on any atom is -0.476 e. The molecule has 6 nitrogen and oxygen atoms in total. The highest BCUT2D eigenvalue weighted by Gasteiger charge is 2.19. The molecule has 1 rings (SSSR count). The lowest BCUT2D eigenvalue weighted by molar-refractivity contribution is 0.0690. The van der Waals surface area contributed by atoms with Crippen molar-refractivity contribution >= 4 is 23.2 Å². The molecule has 1 amide bonds. The van der Waals surface area contributed by atoms with E-state index in [-0.39, 0.29) is 16.6 Å². The van der Waals surface area contributed by atoms with Crippen LogP contribution >= 0.6 is 11.3 Å². The van der Waals surface area contributed by atoms with Crippen LogP contribution in [-0.2, 0) is 4.74 Å². The minimum absolute atomic E-state index is 0.0962. The zero-order valence-electron chi connectivity index (χ0n) is 9.67. The lowest BCUT2D eigenvalue weighted by Gasteiger charge is -2.18. The number of nitrogens with zero attached hydrogens (tertiary/aromatic N) is 2. The van der Waals surface area contributed by atoms with Gasteiger partial charge < -0.3 is 14.7 Å². The number of carbonyl (C=O) groups is 2. The Morgan fingerprint density at radius 3 is 2.76 bits per heavy atom. The van der Waals surface area contributed by atoms with Crippen molar-refractivity contribution in [1.82, 2.24) is 9.88 Å². The second kappa shape index (κ2) is 6.31. The van der Waals surface area contributed by atoms with Crippen molar-refractivity contribution in [3.63, 3.8) is 0 Å². The summed E-state index contributed by atoms with van der Waals surface area (Å²) in [6.45, 7) is 3.29. The summed E-state index contributed by atoms with van der Waals surface area (Å²) in [5.41, 5.74) is -0.0962. The average Bonchev–Trinajstić information content (AvgIpc) is 2.79. The Bertz CT molecular complexity index is 405. The SMILES string of the molecule is CCN(CCOC)C(=O)c1nc(C(=O)O)cs1. The van der Waals surface area contributed by atoms with Crippen molar-refractivity contribution in [3.05, 3.63) is 16.1 Å². The molecule has 0 aliphatic heterocycles. The van der Waals surface area contributed by atoms with E-state index >= 15 is 0 Å². The summed E-state index contributed by atoms with van der Waals surface area (Å²) >= 11 is 1.04. The van der Waals surface area contributed by atoms with E-state index in [1.54, 1.807) is 12.0 Å². The summed E-state index contributed by atoms with van der Waals surface area (Å²) in [6, 6.07) is 0. The molecule has 1 heterocycles. The average molecular weight is 258 g/mol. The maximum Gasteiger partial charge on any atom is 0.355 e. The van der Waals surface area contributed by atoms with Crippen LogP contribution in [0, 0.1) is 0 Å². The van der Waals surface area contributed by atoms with Gasteiger partial charge in [-0.2, -0.15) is 0 Å². The first kappa shape index (κ1) is 13.6. The summed E-state index contributed by atoms with van der Waals surface area (Å²) in [5, 5.41) is 10.3. The van der Waals surface area contributed by atoms with Gasteiger partial charge in [0.15, 0.2) is 10.7 Å². The van der Waals surface area contributed by atoms with Crippen LogP contribution in [0.25, 0.3) is 0 Å². The summed E-state index contributed by atoms with van der Waals surface area (Å²) in [6.07, 6.45) is 0. The van der Waals surface area contributed by atoms with Crippen molar-refractivity contribution in [3.8, 4) is 0 Å². The topological polar surface area (TPSA) is 79.7 Å². The molecule has 0 unspecified atom stereocenters. The number of likely N-dealkylation sites (N-methyl/N-ethyl adjacent to an activating group) is 1. The maximum absolute atomic E-state index is 11.9.